The Bertz CT molecular complexity index is 1390. The molecule has 11 heteroatoms. The highest BCUT2D eigenvalue weighted by molar-refractivity contribution is 5.91. The summed E-state index contributed by atoms with van der Waals surface area (Å²) in [6.45, 7) is 19.1. The van der Waals surface area contributed by atoms with Crippen molar-refractivity contribution in [2.75, 3.05) is 0 Å². The van der Waals surface area contributed by atoms with E-state index in [2.05, 4.69) is 19.9 Å². The van der Waals surface area contributed by atoms with E-state index in [-0.39, 0.29) is 35.9 Å². The van der Waals surface area contributed by atoms with Crippen LogP contribution < -0.4 is 0 Å². The van der Waals surface area contributed by atoms with E-state index in [0.29, 0.717) is 25.7 Å². The first-order valence-corrected chi connectivity index (χ1v) is 21.2. The lowest BCUT2D eigenvalue weighted by molar-refractivity contribution is -0.371. The third-order valence-corrected chi connectivity index (χ3v) is 13.4. The van der Waals surface area contributed by atoms with Crippen LogP contribution in [0.4, 0.5) is 0 Å². The van der Waals surface area contributed by atoms with Crippen molar-refractivity contribution in [2.24, 2.45) is 53.3 Å². The molecule has 16 unspecified atom stereocenters. The summed E-state index contributed by atoms with van der Waals surface area (Å²) in [7, 11) is 0. The van der Waals surface area contributed by atoms with E-state index in [9.17, 15) is 39.9 Å². The van der Waals surface area contributed by atoms with Crippen molar-refractivity contribution in [3.05, 3.63) is 36.5 Å². The lowest BCUT2D eigenvalue weighted by Gasteiger charge is -2.55. The van der Waals surface area contributed by atoms with Crippen molar-refractivity contribution in [2.45, 2.75) is 175 Å². The van der Waals surface area contributed by atoms with Crippen molar-refractivity contribution < 1.29 is 54.1 Å². The van der Waals surface area contributed by atoms with Gasteiger partial charge >= 0.3 is 5.97 Å². The monoisotopic (exact) mass is 791 g/mol. The van der Waals surface area contributed by atoms with Crippen LogP contribution in [0.25, 0.3) is 0 Å². The Morgan fingerprint density at radius 3 is 2.11 bits per heavy atom. The van der Waals surface area contributed by atoms with E-state index in [0.717, 1.165) is 19.3 Å². The quantitative estimate of drug-likeness (QED) is 0.216. The molecule has 0 aromatic rings. The first kappa shape index (κ1) is 48.1. The molecule has 0 aromatic carbocycles. The van der Waals surface area contributed by atoms with Crippen LogP contribution in [-0.4, -0.2) is 97.2 Å². The number of aliphatic hydroxyl groups is 5. The van der Waals surface area contributed by atoms with Gasteiger partial charge in [-0.05, 0) is 70.1 Å². The van der Waals surface area contributed by atoms with Gasteiger partial charge in [0, 0.05) is 48.0 Å². The molecule has 0 amide bonds. The first-order chi connectivity index (χ1) is 26.1. The number of fused-ring (bicyclic) bond motifs is 2. The highest BCUT2D eigenvalue weighted by Crippen LogP contribution is 2.49. The summed E-state index contributed by atoms with van der Waals surface area (Å²) >= 11 is 0. The molecule has 11 nitrogen and oxygen atoms in total. The highest BCUT2D eigenvalue weighted by Gasteiger charge is 2.56. The highest BCUT2D eigenvalue weighted by atomic mass is 16.7. The van der Waals surface area contributed by atoms with Crippen LogP contribution in [0.2, 0.25) is 0 Å². The fourth-order valence-corrected chi connectivity index (χ4v) is 9.01. The number of hydrogen-bond donors (Lipinski definition) is 5. The second-order valence-corrected chi connectivity index (χ2v) is 18.0. The van der Waals surface area contributed by atoms with Gasteiger partial charge in [-0.15, -0.1) is 0 Å². The van der Waals surface area contributed by atoms with Gasteiger partial charge in [-0.3, -0.25) is 9.59 Å². The molecule has 1 spiro atoms. The maximum Gasteiger partial charge on any atom is 0.330 e. The molecule has 2 saturated heterocycles. The predicted molar refractivity (Wildman–Crippen MR) is 215 cm³/mol. The van der Waals surface area contributed by atoms with E-state index in [4.69, 9.17) is 14.2 Å². The fraction of sp³-hybridized carbons (Fsp3) is 0.800. The van der Waals surface area contributed by atoms with Gasteiger partial charge in [0.05, 0.1) is 36.6 Å². The Balaban J connectivity index is 1.99. The number of aliphatic hydroxyl groups excluding tert-OH is 4. The van der Waals surface area contributed by atoms with E-state index in [1.807, 2.05) is 32.1 Å². The molecular weight excluding hydrogens is 716 g/mol. The van der Waals surface area contributed by atoms with Gasteiger partial charge in [0.2, 0.25) is 0 Å². The lowest BCUT2D eigenvalue weighted by atomic mass is 9.74. The van der Waals surface area contributed by atoms with E-state index in [1.165, 1.54) is 39.8 Å². The number of ether oxygens (including phenoxy) is 3. The predicted octanol–water partition coefficient (Wildman–Crippen LogP) is 5.88. The molecular formula is C45H74O11. The van der Waals surface area contributed by atoms with Gasteiger partial charge < -0.3 is 39.7 Å². The second-order valence-electron chi connectivity index (χ2n) is 18.0. The number of rotatable bonds is 3. The smallest absolute Gasteiger partial charge is 0.330 e. The number of esters is 1. The maximum absolute atomic E-state index is 13.5. The minimum Gasteiger partial charge on any atom is -0.458 e. The third kappa shape index (κ3) is 11.5. The van der Waals surface area contributed by atoms with Gasteiger partial charge in [0.25, 0.3) is 0 Å². The average Bonchev–Trinajstić information content (AvgIpc) is 3.16. The summed E-state index contributed by atoms with van der Waals surface area (Å²) in [5, 5.41) is 55.0. The average molecular weight is 791 g/mol. The Morgan fingerprint density at radius 2 is 1.48 bits per heavy atom. The van der Waals surface area contributed by atoms with Crippen molar-refractivity contribution in [1.82, 2.24) is 0 Å². The standard InChI is InChI=1S/C45H74O11/c1-12-34-17-15-13-14-16-27(4)42(51)44(11,53)43(52)32(9)40(50)31(8)39(49)30(7)38(48)26(3)18-21-37(47)54-41-29(6)35(20-19-34)55-45(33(41)10)23-22-25(2)36(56-45)24-28(5)46/h13-15,17-18,21,25-36,38,40-42,46,48,50-51,53H,12,16,19-20,22-24H2,1-11H3/t25?,26?,27?,28?,29?,30?,31?,32?,33?,34?,35?,36?,38?,40?,41?,42?,44-,45+/m0/s1. The second kappa shape index (κ2) is 20.6. The van der Waals surface area contributed by atoms with E-state index < -0.39 is 89.0 Å². The van der Waals surface area contributed by atoms with Gasteiger partial charge in [-0.25, -0.2) is 4.79 Å². The Labute approximate surface area is 336 Å². The molecule has 0 saturated carbocycles. The maximum atomic E-state index is 13.5. The zero-order valence-corrected chi connectivity index (χ0v) is 35.8. The zero-order chi connectivity index (χ0) is 42.3. The molecule has 5 N–H and O–H groups in total. The van der Waals surface area contributed by atoms with Gasteiger partial charge in [-0.2, -0.15) is 0 Å². The summed E-state index contributed by atoms with van der Waals surface area (Å²) in [5.41, 5.74) is -2.18. The lowest BCUT2D eigenvalue weighted by Crippen LogP contribution is -2.62. The molecule has 0 aliphatic carbocycles. The molecule has 3 aliphatic heterocycles. The Morgan fingerprint density at radius 1 is 0.839 bits per heavy atom. The topological polar surface area (TPSA) is 180 Å². The van der Waals surface area contributed by atoms with Crippen LogP contribution in [0.15, 0.2) is 36.5 Å². The molecule has 2 fully saturated rings. The molecule has 0 radical (unpaired) electrons. The van der Waals surface area contributed by atoms with Crippen molar-refractivity contribution in [1.29, 1.82) is 0 Å². The summed E-state index contributed by atoms with van der Waals surface area (Å²) in [4.78, 5) is 40.5. The van der Waals surface area contributed by atoms with Crippen LogP contribution >= 0.6 is 0 Å². The number of ketones is 2. The van der Waals surface area contributed by atoms with E-state index in [1.54, 1.807) is 20.8 Å². The molecule has 320 valence electrons. The minimum absolute atomic E-state index is 0.168. The van der Waals surface area contributed by atoms with Gasteiger partial charge in [-0.1, -0.05) is 92.7 Å². The van der Waals surface area contributed by atoms with E-state index >= 15 is 0 Å². The summed E-state index contributed by atoms with van der Waals surface area (Å²) < 4.78 is 20.0. The molecule has 3 heterocycles. The van der Waals surface area contributed by atoms with Crippen molar-refractivity contribution in [3.8, 4) is 0 Å². The normalized spacial score (nSPS) is 45.1. The van der Waals surface area contributed by atoms with Crippen LogP contribution in [0.3, 0.4) is 0 Å². The summed E-state index contributed by atoms with van der Waals surface area (Å²) in [6.07, 6.45) is 9.62. The Kier molecular flexibility index (Phi) is 17.7. The van der Waals surface area contributed by atoms with Crippen LogP contribution in [0.1, 0.15) is 121 Å². The number of carbonyl (C=O) groups excluding carboxylic acids is 3. The zero-order valence-electron chi connectivity index (χ0n) is 35.8. The van der Waals surface area contributed by atoms with Crippen molar-refractivity contribution in [3.63, 3.8) is 0 Å². The third-order valence-electron chi connectivity index (χ3n) is 13.4. The van der Waals surface area contributed by atoms with Gasteiger partial charge in [0.1, 0.15) is 17.5 Å². The van der Waals surface area contributed by atoms with Crippen LogP contribution in [0, 0.1) is 53.3 Å². The molecule has 3 aliphatic rings. The number of allylic oxidation sites excluding steroid dienone is 4. The summed E-state index contributed by atoms with van der Waals surface area (Å²) in [6, 6.07) is 0. The Hall–Kier alpha value is -2.25. The largest absolute Gasteiger partial charge is 0.458 e. The molecule has 2 bridgehead atoms. The molecule has 3 rings (SSSR count). The fourth-order valence-electron chi connectivity index (χ4n) is 9.01. The number of hydrogen-bond acceptors (Lipinski definition) is 11. The SMILES string of the molecule is CCC1C=CC=CCC(C)C(O)[C@](C)(O)C(=O)C(C)C(O)C(C)C(=O)C(C)C(O)C(C)C=CC(=O)OC2C(C)C(CC1)O[C@@]1(CCC(C)C(CC(C)O)O1)C2C. The number of carbonyl (C=O) groups is 3. The summed E-state index contributed by atoms with van der Waals surface area (Å²) in [5.74, 6) is -7.28. The first-order valence-electron chi connectivity index (χ1n) is 21.2. The number of Topliss-reactive ketones (excluding diaryl/α,β-unsaturated/α-hetero) is 2. The van der Waals surface area contributed by atoms with Gasteiger partial charge in [0.15, 0.2) is 11.6 Å². The molecule has 18 atom stereocenters. The van der Waals surface area contributed by atoms with Crippen molar-refractivity contribution >= 4 is 17.5 Å². The molecule has 56 heavy (non-hydrogen) atoms. The van der Waals surface area contributed by atoms with Crippen LogP contribution in [0.5, 0.6) is 0 Å². The molecule has 0 aromatic heterocycles. The van der Waals surface area contributed by atoms with Crippen LogP contribution in [-0.2, 0) is 28.6 Å². The minimum atomic E-state index is -2.18.